The van der Waals surface area contributed by atoms with E-state index in [2.05, 4.69) is 41.6 Å². The lowest BCUT2D eigenvalue weighted by Gasteiger charge is -2.28. The SMILES string of the molecule is Cc1ccc(-c2nc(NC(=O)CC3CC4CCC(C3)N4)sc2C)s1.Cl. The van der Waals surface area contributed by atoms with E-state index in [1.54, 1.807) is 22.7 Å². The van der Waals surface area contributed by atoms with Gasteiger partial charge in [-0.05, 0) is 57.6 Å². The average Bonchev–Trinajstić information content (AvgIpc) is 3.19. The average molecular weight is 398 g/mol. The van der Waals surface area contributed by atoms with Crippen molar-refractivity contribution in [2.75, 3.05) is 5.32 Å². The molecule has 4 rings (SSSR count). The van der Waals surface area contributed by atoms with Crippen LogP contribution in [0.4, 0.5) is 5.13 Å². The van der Waals surface area contributed by atoms with Gasteiger partial charge in [-0.3, -0.25) is 4.79 Å². The minimum absolute atomic E-state index is 0. The Labute approximate surface area is 162 Å². The van der Waals surface area contributed by atoms with Crippen molar-refractivity contribution >= 4 is 46.1 Å². The first-order valence-corrected chi connectivity index (χ1v) is 10.3. The maximum atomic E-state index is 12.4. The highest BCUT2D eigenvalue weighted by atomic mass is 35.5. The van der Waals surface area contributed by atoms with Crippen LogP contribution in [-0.2, 0) is 4.79 Å². The molecule has 2 aromatic heterocycles. The van der Waals surface area contributed by atoms with Crippen molar-refractivity contribution in [1.29, 1.82) is 0 Å². The Morgan fingerprint density at radius 1 is 1.24 bits per heavy atom. The van der Waals surface area contributed by atoms with Crippen molar-refractivity contribution in [3.8, 4) is 10.6 Å². The normalized spacial score (nSPS) is 24.8. The number of carbonyl (C=O) groups is 1. The summed E-state index contributed by atoms with van der Waals surface area (Å²) in [6.07, 6.45) is 5.46. The van der Waals surface area contributed by atoms with E-state index in [0.29, 0.717) is 24.4 Å². The molecular formula is C18H24ClN3OS2. The van der Waals surface area contributed by atoms with Gasteiger partial charge < -0.3 is 10.6 Å². The van der Waals surface area contributed by atoms with E-state index in [0.717, 1.165) is 28.5 Å². The zero-order chi connectivity index (χ0) is 16.7. The molecule has 2 aliphatic heterocycles. The second-order valence-corrected chi connectivity index (χ2v) is 9.55. The van der Waals surface area contributed by atoms with Crippen LogP contribution in [0.25, 0.3) is 10.6 Å². The number of thiazole rings is 1. The number of hydrogen-bond donors (Lipinski definition) is 2. The second-order valence-electron chi connectivity index (χ2n) is 7.06. The molecule has 2 bridgehead atoms. The molecule has 4 heterocycles. The van der Waals surface area contributed by atoms with E-state index in [1.165, 1.54) is 22.6 Å². The third-order valence-electron chi connectivity index (χ3n) is 5.06. The van der Waals surface area contributed by atoms with Gasteiger partial charge in [-0.2, -0.15) is 0 Å². The van der Waals surface area contributed by atoms with Gasteiger partial charge >= 0.3 is 0 Å². The van der Waals surface area contributed by atoms with Crippen LogP contribution >= 0.6 is 35.1 Å². The van der Waals surface area contributed by atoms with E-state index in [9.17, 15) is 4.79 Å². The van der Waals surface area contributed by atoms with Crippen LogP contribution in [-0.4, -0.2) is 23.0 Å². The lowest BCUT2D eigenvalue weighted by molar-refractivity contribution is -0.117. The highest BCUT2D eigenvalue weighted by molar-refractivity contribution is 7.18. The molecule has 2 N–H and O–H groups in total. The Morgan fingerprint density at radius 2 is 1.96 bits per heavy atom. The first-order valence-electron chi connectivity index (χ1n) is 8.67. The van der Waals surface area contributed by atoms with Gasteiger partial charge in [0.1, 0.15) is 0 Å². The van der Waals surface area contributed by atoms with Crippen LogP contribution in [0.5, 0.6) is 0 Å². The number of halogens is 1. The molecule has 2 atom stereocenters. The number of nitrogens with zero attached hydrogens (tertiary/aromatic N) is 1. The lowest BCUT2D eigenvalue weighted by Crippen LogP contribution is -2.39. The molecule has 0 saturated carbocycles. The summed E-state index contributed by atoms with van der Waals surface area (Å²) in [4.78, 5) is 20.7. The van der Waals surface area contributed by atoms with Gasteiger partial charge in [-0.15, -0.1) is 35.1 Å². The maximum Gasteiger partial charge on any atom is 0.226 e. The molecule has 2 fully saturated rings. The van der Waals surface area contributed by atoms with Crippen molar-refractivity contribution in [3.05, 3.63) is 21.9 Å². The van der Waals surface area contributed by atoms with Crippen LogP contribution in [0.3, 0.4) is 0 Å². The van der Waals surface area contributed by atoms with Gasteiger partial charge in [0.15, 0.2) is 5.13 Å². The number of nitrogens with one attached hydrogen (secondary N) is 2. The third-order valence-corrected chi connectivity index (χ3v) is 6.96. The predicted octanol–water partition coefficient (Wildman–Crippen LogP) is 4.77. The van der Waals surface area contributed by atoms with Gasteiger partial charge in [-0.25, -0.2) is 4.98 Å². The number of aromatic nitrogens is 1. The fourth-order valence-electron chi connectivity index (χ4n) is 4.01. The fourth-order valence-corrected chi connectivity index (χ4v) is 5.84. The van der Waals surface area contributed by atoms with Crippen LogP contribution in [0.1, 0.15) is 41.9 Å². The van der Waals surface area contributed by atoms with Gasteiger partial charge in [0, 0.05) is 28.3 Å². The van der Waals surface area contributed by atoms with Crippen molar-refractivity contribution in [2.45, 2.75) is 58.0 Å². The number of carbonyl (C=O) groups excluding carboxylic acids is 1. The van der Waals surface area contributed by atoms with E-state index >= 15 is 0 Å². The molecule has 0 aliphatic carbocycles. The molecule has 1 amide bonds. The Balaban J connectivity index is 0.00000182. The molecule has 2 saturated heterocycles. The monoisotopic (exact) mass is 397 g/mol. The first kappa shape index (κ1) is 18.8. The summed E-state index contributed by atoms with van der Waals surface area (Å²) < 4.78 is 0. The third kappa shape index (κ3) is 4.25. The highest BCUT2D eigenvalue weighted by Gasteiger charge is 2.34. The summed E-state index contributed by atoms with van der Waals surface area (Å²) in [5.41, 5.74) is 1.01. The predicted molar refractivity (Wildman–Crippen MR) is 108 cm³/mol. The Hall–Kier alpha value is -0.950. The van der Waals surface area contributed by atoms with E-state index < -0.39 is 0 Å². The van der Waals surface area contributed by atoms with E-state index in [1.807, 2.05) is 0 Å². The molecule has 4 nitrogen and oxygen atoms in total. The van der Waals surface area contributed by atoms with Crippen molar-refractivity contribution in [2.24, 2.45) is 5.92 Å². The maximum absolute atomic E-state index is 12.4. The number of thiophene rings is 1. The standard InChI is InChI=1S/C18H23N3OS2.ClH/c1-10-3-6-15(23-10)17-11(2)24-18(21-17)20-16(22)9-12-7-13-4-5-14(8-12)19-13;/h3,6,12-14,19H,4-5,7-9H2,1-2H3,(H,20,21,22);1H. The molecule has 0 aromatic carbocycles. The molecule has 136 valence electrons. The largest absolute Gasteiger partial charge is 0.311 e. The van der Waals surface area contributed by atoms with Crippen LogP contribution in [0.15, 0.2) is 12.1 Å². The molecule has 0 spiro atoms. The Kier molecular flexibility index (Phi) is 5.83. The molecule has 2 aliphatic rings. The number of aryl methyl sites for hydroxylation is 2. The number of fused-ring (bicyclic) bond motifs is 2. The second kappa shape index (κ2) is 7.74. The molecule has 2 aromatic rings. The zero-order valence-corrected chi connectivity index (χ0v) is 17.0. The van der Waals surface area contributed by atoms with Crippen LogP contribution in [0, 0.1) is 19.8 Å². The number of anilines is 1. The van der Waals surface area contributed by atoms with E-state index in [4.69, 9.17) is 0 Å². The fraction of sp³-hybridized carbons (Fsp3) is 0.556. The lowest BCUT2D eigenvalue weighted by atomic mass is 9.89. The summed E-state index contributed by atoms with van der Waals surface area (Å²) in [7, 11) is 0. The quantitative estimate of drug-likeness (QED) is 0.781. The summed E-state index contributed by atoms with van der Waals surface area (Å²) in [6, 6.07) is 5.50. The van der Waals surface area contributed by atoms with Crippen LogP contribution < -0.4 is 10.6 Å². The number of rotatable bonds is 4. The number of amides is 1. The van der Waals surface area contributed by atoms with Crippen molar-refractivity contribution < 1.29 is 4.79 Å². The minimum atomic E-state index is 0. The molecular weight excluding hydrogens is 374 g/mol. The summed E-state index contributed by atoms with van der Waals surface area (Å²) in [5, 5.41) is 7.39. The zero-order valence-electron chi connectivity index (χ0n) is 14.5. The molecule has 0 radical (unpaired) electrons. The van der Waals surface area contributed by atoms with Gasteiger partial charge in [0.25, 0.3) is 0 Å². The van der Waals surface area contributed by atoms with Crippen molar-refractivity contribution in [1.82, 2.24) is 10.3 Å². The Bertz CT molecular complexity index is 745. The first-order chi connectivity index (χ1) is 11.6. The van der Waals surface area contributed by atoms with Crippen LogP contribution in [0.2, 0.25) is 0 Å². The Morgan fingerprint density at radius 3 is 2.60 bits per heavy atom. The van der Waals surface area contributed by atoms with Gasteiger partial charge in [-0.1, -0.05) is 0 Å². The summed E-state index contributed by atoms with van der Waals surface area (Å²) >= 11 is 3.32. The molecule has 2 unspecified atom stereocenters. The number of piperidine rings is 1. The van der Waals surface area contributed by atoms with Crippen molar-refractivity contribution in [3.63, 3.8) is 0 Å². The van der Waals surface area contributed by atoms with E-state index in [-0.39, 0.29) is 18.3 Å². The highest BCUT2D eigenvalue weighted by Crippen LogP contribution is 2.35. The topological polar surface area (TPSA) is 54.0 Å². The summed E-state index contributed by atoms with van der Waals surface area (Å²) in [6.45, 7) is 4.17. The summed E-state index contributed by atoms with van der Waals surface area (Å²) in [5.74, 6) is 0.633. The smallest absolute Gasteiger partial charge is 0.226 e. The number of hydrogen-bond acceptors (Lipinski definition) is 5. The molecule has 7 heteroatoms. The minimum Gasteiger partial charge on any atom is -0.311 e. The van der Waals surface area contributed by atoms with Gasteiger partial charge in [0.05, 0.1) is 10.6 Å². The molecule has 25 heavy (non-hydrogen) atoms. The van der Waals surface area contributed by atoms with Gasteiger partial charge in [0.2, 0.25) is 5.91 Å².